The normalized spacial score (nSPS) is 14.3. The molecule has 5 nitrogen and oxygen atoms in total. The summed E-state index contributed by atoms with van der Waals surface area (Å²) in [5.74, 6) is 1.51. The molecule has 23 heavy (non-hydrogen) atoms. The van der Waals surface area contributed by atoms with Gasteiger partial charge in [-0.05, 0) is 18.2 Å². The molecule has 0 N–H and O–H groups in total. The molecule has 118 valence electrons. The summed E-state index contributed by atoms with van der Waals surface area (Å²) in [5, 5.41) is 8.97. The first-order valence-electron chi connectivity index (χ1n) is 7.67. The van der Waals surface area contributed by atoms with Gasteiger partial charge in [-0.1, -0.05) is 26.8 Å². The van der Waals surface area contributed by atoms with Crippen LogP contribution < -0.4 is 0 Å². The van der Waals surface area contributed by atoms with Crippen molar-refractivity contribution in [2.45, 2.75) is 39.2 Å². The molecule has 5 heteroatoms. The van der Waals surface area contributed by atoms with Gasteiger partial charge in [0, 0.05) is 23.9 Å². The van der Waals surface area contributed by atoms with Crippen LogP contribution in [0, 0.1) is 11.3 Å². The van der Waals surface area contributed by atoms with Gasteiger partial charge in [0.05, 0.1) is 18.2 Å². The highest BCUT2D eigenvalue weighted by Crippen LogP contribution is 2.27. The van der Waals surface area contributed by atoms with Crippen LogP contribution >= 0.6 is 0 Å². The molecule has 2 aromatic rings. The second-order valence-electron chi connectivity index (χ2n) is 6.81. The maximum atomic E-state index is 12.6. The van der Waals surface area contributed by atoms with E-state index < -0.39 is 0 Å². The van der Waals surface area contributed by atoms with Crippen LogP contribution in [0.4, 0.5) is 0 Å². The second-order valence-corrected chi connectivity index (χ2v) is 6.81. The standard InChI is InChI=1S/C18H19N3O2/c1-18(2,3)17-20-14-11-21(8-7-15(14)23-17)16(22)13-6-4-5-12(9-13)10-19/h4-6,9H,7-8,11H2,1-3H3. The molecular formula is C18H19N3O2. The smallest absolute Gasteiger partial charge is 0.254 e. The summed E-state index contributed by atoms with van der Waals surface area (Å²) in [6, 6.07) is 8.85. The van der Waals surface area contributed by atoms with E-state index in [0.29, 0.717) is 36.5 Å². The molecule has 0 bridgehead atoms. The van der Waals surface area contributed by atoms with E-state index in [4.69, 9.17) is 9.68 Å². The predicted molar refractivity (Wildman–Crippen MR) is 84.8 cm³/mol. The lowest BCUT2D eigenvalue weighted by Gasteiger charge is -2.25. The lowest BCUT2D eigenvalue weighted by molar-refractivity contribution is 0.0727. The highest BCUT2D eigenvalue weighted by atomic mass is 16.4. The average Bonchev–Trinajstić information content (AvgIpc) is 2.97. The Kier molecular flexibility index (Phi) is 3.69. The summed E-state index contributed by atoms with van der Waals surface area (Å²) in [7, 11) is 0. The van der Waals surface area contributed by atoms with E-state index >= 15 is 0 Å². The van der Waals surface area contributed by atoms with E-state index in [1.165, 1.54) is 0 Å². The molecule has 3 rings (SSSR count). The largest absolute Gasteiger partial charge is 0.445 e. The Morgan fingerprint density at radius 3 is 2.87 bits per heavy atom. The van der Waals surface area contributed by atoms with E-state index in [2.05, 4.69) is 31.8 Å². The molecule has 1 aliphatic rings. The molecule has 1 amide bonds. The number of nitrogens with zero attached hydrogens (tertiary/aromatic N) is 3. The number of rotatable bonds is 1. The van der Waals surface area contributed by atoms with Crippen LogP contribution in [0.5, 0.6) is 0 Å². The first-order chi connectivity index (χ1) is 10.9. The van der Waals surface area contributed by atoms with Crippen LogP contribution in [0.2, 0.25) is 0 Å². The van der Waals surface area contributed by atoms with Gasteiger partial charge in [-0.25, -0.2) is 4.98 Å². The molecule has 0 fully saturated rings. The zero-order chi connectivity index (χ0) is 16.6. The molecule has 0 saturated carbocycles. The second kappa shape index (κ2) is 5.54. The van der Waals surface area contributed by atoms with Gasteiger partial charge in [-0.3, -0.25) is 4.79 Å². The highest BCUT2D eigenvalue weighted by molar-refractivity contribution is 5.94. The lowest BCUT2D eigenvalue weighted by atomic mass is 9.97. The van der Waals surface area contributed by atoms with Crippen molar-refractivity contribution in [3.63, 3.8) is 0 Å². The van der Waals surface area contributed by atoms with E-state index in [9.17, 15) is 4.79 Å². The fourth-order valence-corrected chi connectivity index (χ4v) is 2.60. The molecule has 0 aliphatic carbocycles. The van der Waals surface area contributed by atoms with Crippen molar-refractivity contribution in [2.75, 3.05) is 6.54 Å². The van der Waals surface area contributed by atoms with Crippen molar-refractivity contribution in [1.29, 1.82) is 5.26 Å². The number of nitriles is 1. The Morgan fingerprint density at radius 2 is 2.17 bits per heavy atom. The van der Waals surface area contributed by atoms with Crippen LogP contribution in [-0.4, -0.2) is 22.3 Å². The van der Waals surface area contributed by atoms with Gasteiger partial charge in [0.1, 0.15) is 11.5 Å². The zero-order valence-corrected chi connectivity index (χ0v) is 13.6. The number of oxazole rings is 1. The Labute approximate surface area is 135 Å². The number of carbonyl (C=O) groups is 1. The first kappa shape index (κ1) is 15.3. The highest BCUT2D eigenvalue weighted by Gasteiger charge is 2.29. The maximum Gasteiger partial charge on any atom is 0.254 e. The number of aromatic nitrogens is 1. The third-order valence-electron chi connectivity index (χ3n) is 3.90. The zero-order valence-electron chi connectivity index (χ0n) is 13.6. The molecule has 1 aromatic heterocycles. The number of benzene rings is 1. The van der Waals surface area contributed by atoms with Gasteiger partial charge < -0.3 is 9.32 Å². The number of hydrogen-bond donors (Lipinski definition) is 0. The van der Waals surface area contributed by atoms with Gasteiger partial charge in [-0.15, -0.1) is 0 Å². The van der Waals surface area contributed by atoms with Gasteiger partial charge in [0.25, 0.3) is 5.91 Å². The summed E-state index contributed by atoms with van der Waals surface area (Å²) in [4.78, 5) is 19.0. The van der Waals surface area contributed by atoms with Crippen LogP contribution in [0.25, 0.3) is 0 Å². The number of fused-ring (bicyclic) bond motifs is 1. The predicted octanol–water partition coefficient (Wildman–Crippen LogP) is 3.04. The fourth-order valence-electron chi connectivity index (χ4n) is 2.60. The van der Waals surface area contributed by atoms with Gasteiger partial charge in [-0.2, -0.15) is 5.26 Å². The van der Waals surface area contributed by atoms with E-state index in [1.54, 1.807) is 29.2 Å². The molecule has 1 aliphatic heterocycles. The van der Waals surface area contributed by atoms with Crippen LogP contribution in [0.3, 0.4) is 0 Å². The number of carbonyl (C=O) groups excluding carboxylic acids is 1. The van der Waals surface area contributed by atoms with Crippen molar-refractivity contribution in [3.05, 3.63) is 52.7 Å². The van der Waals surface area contributed by atoms with Crippen LogP contribution in [0.1, 0.15) is 54.0 Å². The van der Waals surface area contributed by atoms with E-state index in [-0.39, 0.29) is 11.3 Å². The van der Waals surface area contributed by atoms with Crippen molar-refractivity contribution in [1.82, 2.24) is 9.88 Å². The topological polar surface area (TPSA) is 70.1 Å². The average molecular weight is 309 g/mol. The quantitative estimate of drug-likeness (QED) is 0.812. The molecule has 2 heterocycles. The van der Waals surface area contributed by atoms with Gasteiger partial charge >= 0.3 is 0 Å². The molecule has 0 atom stereocenters. The minimum atomic E-state index is -0.146. The van der Waals surface area contributed by atoms with Gasteiger partial charge in [0.2, 0.25) is 0 Å². The van der Waals surface area contributed by atoms with Gasteiger partial charge in [0.15, 0.2) is 5.89 Å². The third-order valence-corrected chi connectivity index (χ3v) is 3.90. The van der Waals surface area contributed by atoms with Crippen LogP contribution in [-0.2, 0) is 18.4 Å². The summed E-state index contributed by atoms with van der Waals surface area (Å²) >= 11 is 0. The molecule has 0 radical (unpaired) electrons. The van der Waals surface area contributed by atoms with Crippen molar-refractivity contribution >= 4 is 5.91 Å². The minimum Gasteiger partial charge on any atom is -0.445 e. The summed E-state index contributed by atoms with van der Waals surface area (Å²) in [6.45, 7) is 7.22. The van der Waals surface area contributed by atoms with E-state index in [0.717, 1.165) is 11.5 Å². The molecule has 1 aromatic carbocycles. The first-order valence-corrected chi connectivity index (χ1v) is 7.67. The number of hydrogen-bond acceptors (Lipinski definition) is 4. The molecule has 0 unspecified atom stereocenters. The fraction of sp³-hybridized carbons (Fsp3) is 0.389. The van der Waals surface area contributed by atoms with Crippen molar-refractivity contribution in [2.24, 2.45) is 0 Å². The third kappa shape index (κ3) is 2.98. The number of amides is 1. The Bertz CT molecular complexity index is 793. The summed E-state index contributed by atoms with van der Waals surface area (Å²) in [5.41, 5.74) is 1.72. The van der Waals surface area contributed by atoms with Crippen molar-refractivity contribution < 1.29 is 9.21 Å². The maximum absolute atomic E-state index is 12.6. The van der Waals surface area contributed by atoms with Crippen LogP contribution in [0.15, 0.2) is 28.7 Å². The van der Waals surface area contributed by atoms with E-state index in [1.807, 2.05) is 0 Å². The molecular weight excluding hydrogens is 290 g/mol. The molecule has 0 saturated heterocycles. The molecule has 0 spiro atoms. The summed E-state index contributed by atoms with van der Waals surface area (Å²) < 4.78 is 5.85. The minimum absolute atomic E-state index is 0.0759. The monoisotopic (exact) mass is 309 g/mol. The van der Waals surface area contributed by atoms with Crippen molar-refractivity contribution in [3.8, 4) is 6.07 Å². The Hall–Kier alpha value is -2.61. The Morgan fingerprint density at radius 1 is 1.39 bits per heavy atom. The SMILES string of the molecule is CC(C)(C)c1nc2c(o1)CCN(C(=O)c1cccc(C#N)c1)C2. The lowest BCUT2D eigenvalue weighted by Crippen LogP contribution is -2.35. The summed E-state index contributed by atoms with van der Waals surface area (Å²) in [6.07, 6.45) is 0.669. The Balaban J connectivity index is 1.83.